The summed E-state index contributed by atoms with van der Waals surface area (Å²) in [5.74, 6) is 0.456. The maximum Gasteiger partial charge on any atom is 0.228 e. The van der Waals surface area contributed by atoms with Gasteiger partial charge in [0.25, 0.3) is 0 Å². The minimum absolute atomic E-state index is 0.0498. The normalized spacial score (nSPS) is 12.5. The highest BCUT2D eigenvalue weighted by atomic mass is 16.3. The lowest BCUT2D eigenvalue weighted by Crippen LogP contribution is -2.24. The van der Waals surface area contributed by atoms with E-state index in [0.717, 1.165) is 16.9 Å². The molecule has 1 unspecified atom stereocenters. The fraction of sp³-hybridized carbons (Fsp3) is 0.412. The van der Waals surface area contributed by atoms with Crippen molar-refractivity contribution in [1.29, 1.82) is 0 Å². The van der Waals surface area contributed by atoms with Gasteiger partial charge in [0.05, 0.1) is 23.9 Å². The van der Waals surface area contributed by atoms with Gasteiger partial charge in [-0.15, -0.1) is 0 Å². The van der Waals surface area contributed by atoms with Crippen molar-refractivity contribution in [2.45, 2.75) is 40.2 Å². The molecule has 1 heterocycles. The first kappa shape index (κ1) is 16.2. The molecule has 2 rings (SSSR count). The summed E-state index contributed by atoms with van der Waals surface area (Å²) in [6, 6.07) is 9.69. The van der Waals surface area contributed by atoms with E-state index in [1.807, 2.05) is 58.0 Å². The molecule has 22 heavy (non-hydrogen) atoms. The number of carbonyl (C=O) groups is 1. The molecular weight excluding hydrogens is 278 g/mol. The molecule has 0 aliphatic rings. The lowest BCUT2D eigenvalue weighted by molar-refractivity contribution is -0.118. The van der Waals surface area contributed by atoms with Crippen LogP contribution in [0.25, 0.3) is 5.69 Å². The smallest absolute Gasteiger partial charge is 0.228 e. The van der Waals surface area contributed by atoms with Gasteiger partial charge in [0.1, 0.15) is 5.82 Å². The molecule has 0 radical (unpaired) electrons. The van der Waals surface area contributed by atoms with Crippen molar-refractivity contribution in [2.24, 2.45) is 5.92 Å². The first-order valence-corrected chi connectivity index (χ1v) is 7.49. The van der Waals surface area contributed by atoms with E-state index in [0.29, 0.717) is 5.82 Å². The summed E-state index contributed by atoms with van der Waals surface area (Å²) in [6.07, 6.45) is -0.564. The molecule has 5 nitrogen and oxygen atoms in total. The van der Waals surface area contributed by atoms with E-state index in [4.69, 9.17) is 0 Å². The predicted octanol–water partition coefficient (Wildman–Crippen LogP) is 2.83. The van der Waals surface area contributed by atoms with Crippen LogP contribution in [0, 0.1) is 19.8 Å². The zero-order chi connectivity index (χ0) is 16.3. The summed E-state index contributed by atoms with van der Waals surface area (Å²) >= 11 is 0. The Morgan fingerprint density at radius 2 is 2.00 bits per heavy atom. The highest BCUT2D eigenvalue weighted by Crippen LogP contribution is 2.20. The van der Waals surface area contributed by atoms with Crippen molar-refractivity contribution in [1.82, 2.24) is 9.78 Å². The van der Waals surface area contributed by atoms with Crippen molar-refractivity contribution in [3.8, 4) is 5.69 Å². The van der Waals surface area contributed by atoms with Crippen LogP contribution < -0.4 is 5.32 Å². The Bertz CT molecular complexity index is 662. The second-order valence-electron chi connectivity index (χ2n) is 5.93. The fourth-order valence-corrected chi connectivity index (χ4v) is 2.19. The van der Waals surface area contributed by atoms with Crippen LogP contribution in [0.3, 0.4) is 0 Å². The number of rotatable bonds is 5. The van der Waals surface area contributed by atoms with Gasteiger partial charge in [-0.1, -0.05) is 32.0 Å². The third-order valence-corrected chi connectivity index (χ3v) is 3.61. The van der Waals surface area contributed by atoms with Gasteiger partial charge in [0.15, 0.2) is 0 Å². The lowest BCUT2D eigenvalue weighted by atomic mass is 10.0. The Kier molecular flexibility index (Phi) is 4.98. The molecule has 1 amide bonds. The van der Waals surface area contributed by atoms with Crippen LogP contribution in [-0.4, -0.2) is 26.9 Å². The zero-order valence-electron chi connectivity index (χ0n) is 13.5. The number of nitrogens with zero attached hydrogens (tertiary/aromatic N) is 2. The van der Waals surface area contributed by atoms with Gasteiger partial charge in [0, 0.05) is 6.07 Å². The zero-order valence-corrected chi connectivity index (χ0v) is 13.5. The predicted molar refractivity (Wildman–Crippen MR) is 87.1 cm³/mol. The molecule has 0 saturated carbocycles. The van der Waals surface area contributed by atoms with Crippen molar-refractivity contribution >= 4 is 11.7 Å². The van der Waals surface area contributed by atoms with E-state index >= 15 is 0 Å². The van der Waals surface area contributed by atoms with Gasteiger partial charge < -0.3 is 10.4 Å². The van der Waals surface area contributed by atoms with E-state index in [1.165, 1.54) is 0 Å². The fourth-order valence-electron chi connectivity index (χ4n) is 2.19. The van der Waals surface area contributed by atoms with Crippen molar-refractivity contribution in [2.75, 3.05) is 5.32 Å². The topological polar surface area (TPSA) is 67.2 Å². The number of hydrogen-bond donors (Lipinski definition) is 2. The molecule has 1 aromatic carbocycles. The molecule has 0 aliphatic heterocycles. The molecule has 0 aliphatic carbocycles. The monoisotopic (exact) mass is 301 g/mol. The standard InChI is InChI=1S/C17H23N3O2/c1-11(2)15(21)10-17(22)18-16-9-13(4)19-20(16)14-8-6-5-7-12(14)3/h5-9,11,15,21H,10H2,1-4H3,(H,18,22). The summed E-state index contributed by atoms with van der Waals surface area (Å²) < 4.78 is 1.73. The van der Waals surface area contributed by atoms with Gasteiger partial charge in [-0.3, -0.25) is 4.79 Å². The molecule has 0 spiro atoms. The number of amides is 1. The average Bonchev–Trinajstić information content (AvgIpc) is 2.79. The largest absolute Gasteiger partial charge is 0.392 e. The quantitative estimate of drug-likeness (QED) is 0.892. The third kappa shape index (κ3) is 3.74. The van der Waals surface area contributed by atoms with E-state index in [2.05, 4.69) is 10.4 Å². The molecule has 2 N–H and O–H groups in total. The number of anilines is 1. The number of hydrogen-bond acceptors (Lipinski definition) is 3. The molecule has 2 aromatic rings. The number of aliphatic hydroxyl groups is 1. The number of para-hydroxylation sites is 1. The van der Waals surface area contributed by atoms with Crippen LogP contribution in [0.2, 0.25) is 0 Å². The Morgan fingerprint density at radius 3 is 2.64 bits per heavy atom. The minimum atomic E-state index is -0.643. The van der Waals surface area contributed by atoms with E-state index in [9.17, 15) is 9.90 Å². The Morgan fingerprint density at radius 1 is 1.32 bits per heavy atom. The summed E-state index contributed by atoms with van der Waals surface area (Å²) in [7, 11) is 0. The van der Waals surface area contributed by atoms with Crippen molar-refractivity contribution in [3.63, 3.8) is 0 Å². The molecule has 0 fully saturated rings. The first-order chi connectivity index (χ1) is 10.4. The Hall–Kier alpha value is -2.14. The first-order valence-electron chi connectivity index (χ1n) is 7.49. The van der Waals surface area contributed by atoms with Gasteiger partial charge >= 0.3 is 0 Å². The van der Waals surface area contributed by atoms with Gasteiger partial charge in [0.2, 0.25) is 5.91 Å². The summed E-state index contributed by atoms with van der Waals surface area (Å²) in [5.41, 5.74) is 2.82. The second kappa shape index (κ2) is 6.75. The van der Waals surface area contributed by atoms with Crippen LogP contribution in [0.4, 0.5) is 5.82 Å². The highest BCUT2D eigenvalue weighted by Gasteiger charge is 2.17. The molecule has 0 bridgehead atoms. The number of aryl methyl sites for hydroxylation is 2. The van der Waals surface area contributed by atoms with E-state index in [1.54, 1.807) is 4.68 Å². The summed E-state index contributed by atoms with van der Waals surface area (Å²) in [6.45, 7) is 7.66. The van der Waals surface area contributed by atoms with Gasteiger partial charge in [-0.05, 0) is 31.4 Å². The number of aromatic nitrogens is 2. The van der Waals surface area contributed by atoms with Crippen LogP contribution in [0.5, 0.6) is 0 Å². The average molecular weight is 301 g/mol. The van der Waals surface area contributed by atoms with Crippen LogP contribution >= 0.6 is 0 Å². The van der Waals surface area contributed by atoms with Gasteiger partial charge in [-0.2, -0.15) is 5.10 Å². The number of aliphatic hydroxyl groups excluding tert-OH is 1. The third-order valence-electron chi connectivity index (χ3n) is 3.61. The van der Waals surface area contributed by atoms with E-state index < -0.39 is 6.10 Å². The maximum atomic E-state index is 12.1. The Balaban J connectivity index is 2.23. The van der Waals surface area contributed by atoms with Crippen molar-refractivity contribution < 1.29 is 9.90 Å². The summed E-state index contributed by atoms with van der Waals surface area (Å²) in [4.78, 5) is 12.1. The molecular formula is C17H23N3O2. The SMILES string of the molecule is Cc1cc(NC(=O)CC(O)C(C)C)n(-c2ccccc2C)n1. The van der Waals surface area contributed by atoms with Crippen molar-refractivity contribution in [3.05, 3.63) is 41.6 Å². The van der Waals surface area contributed by atoms with E-state index in [-0.39, 0.29) is 18.2 Å². The van der Waals surface area contributed by atoms with Crippen LogP contribution in [-0.2, 0) is 4.79 Å². The number of benzene rings is 1. The molecule has 1 aromatic heterocycles. The number of carbonyl (C=O) groups excluding carboxylic acids is 1. The molecule has 1 atom stereocenters. The van der Waals surface area contributed by atoms with Crippen LogP contribution in [0.15, 0.2) is 30.3 Å². The maximum absolute atomic E-state index is 12.1. The number of nitrogens with one attached hydrogen (secondary N) is 1. The van der Waals surface area contributed by atoms with Crippen LogP contribution in [0.1, 0.15) is 31.5 Å². The second-order valence-corrected chi connectivity index (χ2v) is 5.93. The summed E-state index contributed by atoms with van der Waals surface area (Å²) in [5, 5.41) is 17.1. The molecule has 5 heteroatoms. The molecule has 118 valence electrons. The van der Waals surface area contributed by atoms with Gasteiger partial charge in [-0.25, -0.2) is 4.68 Å². The minimum Gasteiger partial charge on any atom is -0.392 e. The Labute approximate surface area is 131 Å². The lowest BCUT2D eigenvalue weighted by Gasteiger charge is -2.15. The highest BCUT2D eigenvalue weighted by molar-refractivity contribution is 5.90. The molecule has 0 saturated heterocycles.